The molecule has 7 aromatic rings. The molecule has 248 valence electrons. The van der Waals surface area contributed by atoms with Crippen molar-refractivity contribution in [2.24, 2.45) is 0 Å². The number of aryl methyl sites for hydroxylation is 1. The van der Waals surface area contributed by atoms with Crippen LogP contribution in [-0.4, -0.2) is 19.3 Å². The molecular formula is C44H46N4O. The van der Waals surface area contributed by atoms with Gasteiger partial charge in [0.1, 0.15) is 17.3 Å². The number of rotatable bonds is 8. The van der Waals surface area contributed by atoms with Gasteiger partial charge in [0.05, 0.1) is 28.1 Å². The molecule has 0 aliphatic carbocycles. The van der Waals surface area contributed by atoms with Crippen molar-refractivity contribution in [3.8, 4) is 34.1 Å². The van der Waals surface area contributed by atoms with Crippen molar-refractivity contribution in [2.45, 2.75) is 79.1 Å². The third-order valence-corrected chi connectivity index (χ3v) is 9.43. The molecule has 0 radical (unpaired) electrons. The molecule has 0 aliphatic rings. The highest BCUT2D eigenvalue weighted by molar-refractivity contribution is 6.09. The number of aromatic nitrogens is 4. The zero-order chi connectivity index (χ0) is 34.4. The number of fused-ring (bicyclic) bond motifs is 3. The van der Waals surface area contributed by atoms with Crippen molar-refractivity contribution < 1.29 is 4.74 Å². The van der Waals surface area contributed by atoms with E-state index in [1.54, 1.807) is 0 Å². The van der Waals surface area contributed by atoms with Crippen molar-refractivity contribution >= 4 is 21.8 Å². The van der Waals surface area contributed by atoms with Gasteiger partial charge in [0.2, 0.25) is 0 Å². The number of hydrogen-bond acceptors (Lipinski definition) is 3. The Morgan fingerprint density at radius 3 is 2.16 bits per heavy atom. The minimum absolute atomic E-state index is 0.102. The van der Waals surface area contributed by atoms with Crippen LogP contribution >= 0.6 is 0 Å². The molecule has 0 aliphatic heterocycles. The van der Waals surface area contributed by atoms with Crippen LogP contribution < -0.4 is 4.74 Å². The second-order valence-corrected chi connectivity index (χ2v) is 14.7. The van der Waals surface area contributed by atoms with Crippen LogP contribution in [0.1, 0.15) is 89.7 Å². The van der Waals surface area contributed by atoms with Gasteiger partial charge in [-0.15, -0.1) is 0 Å². The van der Waals surface area contributed by atoms with Crippen LogP contribution in [0.4, 0.5) is 0 Å². The lowest BCUT2D eigenvalue weighted by atomic mass is 9.86. The minimum Gasteiger partial charge on any atom is -0.457 e. The van der Waals surface area contributed by atoms with Crippen LogP contribution in [0.5, 0.6) is 11.5 Å². The topological polar surface area (TPSA) is 44.9 Å². The molecular weight excluding hydrogens is 601 g/mol. The van der Waals surface area contributed by atoms with Gasteiger partial charge in [-0.3, -0.25) is 4.57 Å². The summed E-state index contributed by atoms with van der Waals surface area (Å²) in [5.74, 6) is 2.99. The average molecular weight is 647 g/mol. The average Bonchev–Trinajstić information content (AvgIpc) is 3.65. The second-order valence-electron chi connectivity index (χ2n) is 14.7. The number of benzene rings is 4. The fraction of sp³-hybridized carbons (Fsp3) is 0.273. The van der Waals surface area contributed by atoms with Crippen LogP contribution in [0.15, 0.2) is 109 Å². The first-order valence-corrected chi connectivity index (χ1v) is 17.5. The lowest BCUT2D eigenvalue weighted by Crippen LogP contribution is -2.13. The Morgan fingerprint density at radius 2 is 1.45 bits per heavy atom. The number of nitrogens with zero attached hydrogens (tertiary/aromatic N) is 4. The van der Waals surface area contributed by atoms with Crippen molar-refractivity contribution in [3.05, 3.63) is 132 Å². The van der Waals surface area contributed by atoms with Crippen molar-refractivity contribution in [2.75, 3.05) is 0 Å². The summed E-state index contributed by atoms with van der Waals surface area (Å²) in [6, 6.07) is 36.5. The Labute approximate surface area is 290 Å². The Bertz CT molecular complexity index is 2280. The monoisotopic (exact) mass is 646 g/mol. The lowest BCUT2D eigenvalue weighted by Gasteiger charge is -2.22. The summed E-state index contributed by atoms with van der Waals surface area (Å²) in [6.07, 6.45) is 2.86. The molecule has 0 bridgehead atoms. The molecule has 0 atom stereocenters. The van der Waals surface area contributed by atoms with Gasteiger partial charge < -0.3 is 4.74 Å². The molecule has 0 saturated carbocycles. The van der Waals surface area contributed by atoms with Crippen molar-refractivity contribution in [3.63, 3.8) is 0 Å². The van der Waals surface area contributed by atoms with E-state index in [2.05, 4.69) is 168 Å². The number of hydrogen-bond donors (Lipinski definition) is 0. The van der Waals surface area contributed by atoms with E-state index in [0.29, 0.717) is 0 Å². The third kappa shape index (κ3) is 6.03. The fourth-order valence-electron chi connectivity index (χ4n) is 6.88. The van der Waals surface area contributed by atoms with Crippen molar-refractivity contribution in [1.29, 1.82) is 0 Å². The molecule has 7 rings (SSSR count). The normalized spacial score (nSPS) is 12.1. The fourth-order valence-corrected chi connectivity index (χ4v) is 6.88. The van der Waals surface area contributed by atoms with Crippen LogP contribution in [0.2, 0.25) is 0 Å². The van der Waals surface area contributed by atoms with E-state index in [9.17, 15) is 0 Å². The Morgan fingerprint density at radius 1 is 0.714 bits per heavy atom. The summed E-state index contributed by atoms with van der Waals surface area (Å²) in [5, 5.41) is 7.69. The lowest BCUT2D eigenvalue weighted by molar-refractivity contribution is 0.478. The molecule has 0 amide bonds. The zero-order valence-corrected chi connectivity index (χ0v) is 30.0. The molecule has 0 unspecified atom stereocenters. The van der Waals surface area contributed by atoms with E-state index >= 15 is 0 Å². The standard InChI is InChI=1S/C44H46N4O/c1-9-30-21-22-45-40(23-30)47-38-18-14-13-17-36(38)37-20-19-34(27-39(37)47)49-35-25-32(44(6,7)8)24-33(26-35)48-43(29(4)5)41(42(46-48)28(2)3)31-15-11-10-12-16-31/h10-29H,9H2,1-8H3. The highest BCUT2D eigenvalue weighted by atomic mass is 16.5. The first kappa shape index (κ1) is 32.4. The predicted molar refractivity (Wildman–Crippen MR) is 204 cm³/mol. The predicted octanol–water partition coefficient (Wildman–Crippen LogP) is 11.9. The van der Waals surface area contributed by atoms with Gasteiger partial charge in [-0.05, 0) is 82.8 Å². The maximum Gasteiger partial charge on any atom is 0.137 e. The second kappa shape index (κ2) is 12.7. The van der Waals surface area contributed by atoms with Crippen LogP contribution in [0.25, 0.3) is 44.4 Å². The Balaban J connectivity index is 1.39. The van der Waals surface area contributed by atoms with Gasteiger partial charge in [0, 0.05) is 34.7 Å². The molecule has 0 saturated heterocycles. The van der Waals surface area contributed by atoms with E-state index < -0.39 is 0 Å². The molecule has 3 heterocycles. The Hall–Kier alpha value is -5.16. The van der Waals surface area contributed by atoms with Gasteiger partial charge >= 0.3 is 0 Å². The van der Waals surface area contributed by atoms with Crippen molar-refractivity contribution in [1.82, 2.24) is 19.3 Å². The molecule has 5 heteroatoms. The van der Waals surface area contributed by atoms with Crippen LogP contribution in [0.3, 0.4) is 0 Å². The molecule has 0 N–H and O–H groups in total. The quantitative estimate of drug-likeness (QED) is 0.165. The van der Waals surface area contributed by atoms with Gasteiger partial charge in [0.15, 0.2) is 0 Å². The summed E-state index contributed by atoms with van der Waals surface area (Å²) in [6.45, 7) is 17.9. The number of para-hydroxylation sites is 1. The van der Waals surface area contributed by atoms with Gasteiger partial charge in [0.25, 0.3) is 0 Å². The maximum absolute atomic E-state index is 6.81. The van der Waals surface area contributed by atoms with E-state index in [1.807, 2.05) is 6.20 Å². The maximum atomic E-state index is 6.81. The summed E-state index contributed by atoms with van der Waals surface area (Å²) in [7, 11) is 0. The summed E-state index contributed by atoms with van der Waals surface area (Å²) in [5.41, 5.74) is 10.3. The summed E-state index contributed by atoms with van der Waals surface area (Å²) < 4.78 is 11.2. The highest BCUT2D eigenvalue weighted by Crippen LogP contribution is 2.40. The number of pyridine rings is 1. The highest BCUT2D eigenvalue weighted by Gasteiger charge is 2.26. The summed E-state index contributed by atoms with van der Waals surface area (Å²) >= 11 is 0. The van der Waals surface area contributed by atoms with Gasteiger partial charge in [-0.25, -0.2) is 9.67 Å². The molecule has 5 nitrogen and oxygen atoms in total. The molecule has 4 aromatic carbocycles. The van der Waals surface area contributed by atoms with E-state index in [0.717, 1.165) is 46.2 Å². The molecule has 49 heavy (non-hydrogen) atoms. The number of ether oxygens (including phenoxy) is 1. The minimum atomic E-state index is -0.102. The third-order valence-electron chi connectivity index (χ3n) is 9.43. The molecule has 0 fully saturated rings. The smallest absolute Gasteiger partial charge is 0.137 e. The zero-order valence-electron chi connectivity index (χ0n) is 30.0. The van der Waals surface area contributed by atoms with E-state index in [1.165, 1.54) is 38.7 Å². The van der Waals surface area contributed by atoms with Crippen LogP contribution in [-0.2, 0) is 11.8 Å². The van der Waals surface area contributed by atoms with Crippen LogP contribution in [0, 0.1) is 0 Å². The SMILES string of the molecule is CCc1ccnc(-n2c3ccccc3c3ccc(Oc4cc(-n5nc(C(C)C)c(-c6ccccc6)c5C(C)C)cc(C(C)(C)C)c4)cc32)c1. The van der Waals surface area contributed by atoms with E-state index in [-0.39, 0.29) is 17.3 Å². The first-order valence-electron chi connectivity index (χ1n) is 17.5. The molecule has 3 aromatic heterocycles. The van der Waals surface area contributed by atoms with Gasteiger partial charge in [-0.1, -0.05) is 104 Å². The first-order chi connectivity index (χ1) is 23.5. The Kier molecular flexibility index (Phi) is 8.40. The molecule has 0 spiro atoms. The van der Waals surface area contributed by atoms with Gasteiger partial charge in [-0.2, -0.15) is 5.10 Å². The largest absolute Gasteiger partial charge is 0.457 e. The summed E-state index contributed by atoms with van der Waals surface area (Å²) in [4.78, 5) is 4.81. The van der Waals surface area contributed by atoms with E-state index in [4.69, 9.17) is 14.8 Å².